The van der Waals surface area contributed by atoms with Gasteiger partial charge in [0.2, 0.25) is 5.75 Å². The predicted molar refractivity (Wildman–Crippen MR) is 76.8 cm³/mol. The molecule has 0 aliphatic rings. The van der Waals surface area contributed by atoms with E-state index in [-0.39, 0.29) is 11.4 Å². The van der Waals surface area contributed by atoms with Crippen LogP contribution >= 0.6 is 15.9 Å². The first-order valence-corrected chi connectivity index (χ1v) is 6.46. The summed E-state index contributed by atoms with van der Waals surface area (Å²) in [6.45, 7) is 3.73. The van der Waals surface area contributed by atoms with E-state index in [2.05, 4.69) is 15.9 Å². The van der Waals surface area contributed by atoms with Crippen LogP contribution in [0.1, 0.15) is 11.1 Å². The normalized spacial score (nSPS) is 10.3. The van der Waals surface area contributed by atoms with Gasteiger partial charge in [0.25, 0.3) is 0 Å². The summed E-state index contributed by atoms with van der Waals surface area (Å²) in [7, 11) is 0. The van der Waals surface area contributed by atoms with Gasteiger partial charge in [0.05, 0.1) is 9.40 Å². The van der Waals surface area contributed by atoms with E-state index in [0.717, 1.165) is 15.6 Å². The minimum atomic E-state index is -0.432. The summed E-state index contributed by atoms with van der Waals surface area (Å²) in [5, 5.41) is 11.1. The number of hydrogen-bond acceptors (Lipinski definition) is 3. The number of nitrogens with zero attached hydrogens (tertiary/aromatic N) is 1. The number of nitro benzene ring substituents is 1. The van der Waals surface area contributed by atoms with Crippen LogP contribution in [0.4, 0.5) is 5.69 Å². The van der Waals surface area contributed by atoms with Gasteiger partial charge in [-0.2, -0.15) is 0 Å². The number of hydrogen-bond donors (Lipinski definition) is 0. The van der Waals surface area contributed by atoms with Crippen LogP contribution in [0.2, 0.25) is 0 Å². The fraction of sp³-hybridized carbons (Fsp3) is 0.143. The second-order valence-electron chi connectivity index (χ2n) is 4.19. The first-order chi connectivity index (χ1) is 8.99. The minimum Gasteiger partial charge on any atom is -0.449 e. The molecule has 0 fully saturated rings. The van der Waals surface area contributed by atoms with Crippen molar-refractivity contribution in [3.8, 4) is 11.5 Å². The smallest absolute Gasteiger partial charge is 0.311 e. The molecule has 0 spiro atoms. The third-order valence-corrected chi connectivity index (χ3v) is 3.48. The maximum absolute atomic E-state index is 11.1. The molecule has 0 atom stereocenters. The van der Waals surface area contributed by atoms with Crippen molar-refractivity contribution in [2.24, 2.45) is 0 Å². The third-order valence-electron chi connectivity index (χ3n) is 2.83. The van der Waals surface area contributed by atoms with E-state index in [1.807, 2.05) is 32.0 Å². The molecule has 0 radical (unpaired) electrons. The summed E-state index contributed by atoms with van der Waals surface area (Å²) < 4.78 is 6.40. The van der Waals surface area contributed by atoms with Gasteiger partial charge in [-0.3, -0.25) is 10.1 Å². The second kappa shape index (κ2) is 5.40. The molecule has 0 saturated heterocycles. The lowest BCUT2D eigenvalue weighted by Gasteiger charge is -2.10. The zero-order valence-corrected chi connectivity index (χ0v) is 12.1. The molecule has 19 heavy (non-hydrogen) atoms. The molecular weight excluding hydrogens is 310 g/mol. The lowest BCUT2D eigenvalue weighted by Crippen LogP contribution is -1.96. The second-order valence-corrected chi connectivity index (χ2v) is 5.05. The molecule has 0 bridgehead atoms. The Bertz CT molecular complexity index is 641. The molecule has 5 heteroatoms. The number of halogens is 1. The lowest BCUT2D eigenvalue weighted by atomic mass is 10.1. The van der Waals surface area contributed by atoms with Gasteiger partial charge in [-0.05, 0) is 59.1 Å². The van der Waals surface area contributed by atoms with Crippen LogP contribution in [-0.2, 0) is 0 Å². The molecule has 98 valence electrons. The maximum Gasteiger partial charge on any atom is 0.311 e. The number of para-hydroxylation sites is 1. The van der Waals surface area contributed by atoms with Crippen molar-refractivity contribution in [1.29, 1.82) is 0 Å². The van der Waals surface area contributed by atoms with Gasteiger partial charge in [-0.1, -0.05) is 12.1 Å². The molecule has 0 aliphatic carbocycles. The summed E-state index contributed by atoms with van der Waals surface area (Å²) >= 11 is 3.35. The number of aryl methyl sites for hydroxylation is 2. The largest absolute Gasteiger partial charge is 0.449 e. The van der Waals surface area contributed by atoms with Crippen LogP contribution in [0.5, 0.6) is 11.5 Å². The first-order valence-electron chi connectivity index (χ1n) is 5.67. The number of ether oxygens (including phenoxy) is 1. The molecule has 0 N–H and O–H groups in total. The van der Waals surface area contributed by atoms with Crippen LogP contribution in [-0.4, -0.2) is 4.92 Å². The van der Waals surface area contributed by atoms with E-state index in [1.54, 1.807) is 12.1 Å². The Labute approximate surface area is 119 Å². The van der Waals surface area contributed by atoms with Crippen molar-refractivity contribution in [3.63, 3.8) is 0 Å². The summed E-state index contributed by atoms with van der Waals surface area (Å²) in [5.74, 6) is 0.800. The topological polar surface area (TPSA) is 52.4 Å². The van der Waals surface area contributed by atoms with Gasteiger partial charge in [0, 0.05) is 6.07 Å². The van der Waals surface area contributed by atoms with Crippen LogP contribution in [0.15, 0.2) is 40.9 Å². The highest BCUT2D eigenvalue weighted by Gasteiger charge is 2.18. The highest BCUT2D eigenvalue weighted by molar-refractivity contribution is 9.10. The number of benzene rings is 2. The van der Waals surface area contributed by atoms with Crippen molar-refractivity contribution >= 4 is 21.6 Å². The molecule has 0 amide bonds. The fourth-order valence-electron chi connectivity index (χ4n) is 1.64. The number of nitro groups is 1. The Kier molecular flexibility index (Phi) is 3.85. The van der Waals surface area contributed by atoms with Gasteiger partial charge >= 0.3 is 5.69 Å². The predicted octanol–water partition coefficient (Wildman–Crippen LogP) is 4.77. The van der Waals surface area contributed by atoms with Crippen molar-refractivity contribution in [1.82, 2.24) is 0 Å². The Morgan fingerprint density at radius 3 is 2.37 bits per heavy atom. The lowest BCUT2D eigenvalue weighted by molar-refractivity contribution is -0.385. The zero-order chi connectivity index (χ0) is 14.0. The summed E-state index contributed by atoms with van der Waals surface area (Å²) in [4.78, 5) is 10.6. The summed E-state index contributed by atoms with van der Waals surface area (Å²) in [6.07, 6.45) is 0. The van der Waals surface area contributed by atoms with Crippen molar-refractivity contribution in [2.75, 3.05) is 0 Å². The van der Waals surface area contributed by atoms with Gasteiger partial charge in [-0.25, -0.2) is 0 Å². The number of rotatable bonds is 3. The Morgan fingerprint density at radius 2 is 1.74 bits per heavy atom. The molecule has 2 aromatic carbocycles. The monoisotopic (exact) mass is 321 g/mol. The van der Waals surface area contributed by atoms with Crippen LogP contribution in [0, 0.1) is 24.0 Å². The van der Waals surface area contributed by atoms with Crippen LogP contribution in [0.25, 0.3) is 0 Å². The summed E-state index contributed by atoms with van der Waals surface area (Å²) in [5.41, 5.74) is 1.79. The van der Waals surface area contributed by atoms with Crippen molar-refractivity contribution < 1.29 is 9.66 Å². The SMILES string of the molecule is Cc1cc(Oc2ccccc2Br)c([N+](=O)[O-])cc1C. The van der Waals surface area contributed by atoms with Gasteiger partial charge in [0.15, 0.2) is 0 Å². The molecule has 0 heterocycles. The van der Waals surface area contributed by atoms with Gasteiger partial charge < -0.3 is 4.74 Å². The fourth-order valence-corrected chi connectivity index (χ4v) is 2.01. The van der Waals surface area contributed by atoms with Crippen molar-refractivity contribution in [2.45, 2.75) is 13.8 Å². The zero-order valence-electron chi connectivity index (χ0n) is 10.5. The van der Waals surface area contributed by atoms with Crippen molar-refractivity contribution in [3.05, 3.63) is 62.1 Å². The van der Waals surface area contributed by atoms with E-state index in [0.29, 0.717) is 5.75 Å². The van der Waals surface area contributed by atoms with Crippen LogP contribution in [0.3, 0.4) is 0 Å². The molecule has 4 nitrogen and oxygen atoms in total. The molecule has 0 aliphatic heterocycles. The van der Waals surface area contributed by atoms with E-state index in [9.17, 15) is 10.1 Å². The molecular formula is C14H12BrNO3. The molecule has 0 saturated carbocycles. The quantitative estimate of drug-likeness (QED) is 0.604. The molecule has 0 aromatic heterocycles. The van der Waals surface area contributed by atoms with E-state index >= 15 is 0 Å². The van der Waals surface area contributed by atoms with Gasteiger partial charge in [-0.15, -0.1) is 0 Å². The molecule has 2 rings (SSSR count). The summed E-state index contributed by atoms with van der Waals surface area (Å²) in [6, 6.07) is 10.5. The average Bonchev–Trinajstić information content (AvgIpc) is 2.36. The van der Waals surface area contributed by atoms with Gasteiger partial charge in [0.1, 0.15) is 5.75 Å². The minimum absolute atomic E-state index is 0.0288. The van der Waals surface area contributed by atoms with Crippen LogP contribution < -0.4 is 4.74 Å². The van der Waals surface area contributed by atoms with E-state index < -0.39 is 4.92 Å². The Hall–Kier alpha value is -1.88. The molecule has 0 unspecified atom stereocenters. The Morgan fingerprint density at radius 1 is 1.11 bits per heavy atom. The Balaban J connectivity index is 2.48. The maximum atomic E-state index is 11.1. The van der Waals surface area contributed by atoms with E-state index in [4.69, 9.17) is 4.74 Å². The molecule has 2 aromatic rings. The highest BCUT2D eigenvalue weighted by Crippen LogP contribution is 2.36. The first kappa shape index (κ1) is 13.5. The van der Waals surface area contributed by atoms with E-state index in [1.165, 1.54) is 6.07 Å². The standard InChI is InChI=1S/C14H12BrNO3/c1-9-7-12(16(17)18)14(8-10(9)2)19-13-6-4-3-5-11(13)15/h3-8H,1-2H3. The average molecular weight is 322 g/mol. The third kappa shape index (κ3) is 2.93. The highest BCUT2D eigenvalue weighted by atomic mass is 79.9.